The summed E-state index contributed by atoms with van der Waals surface area (Å²) in [5, 5.41) is 10.3. The molecule has 0 bridgehead atoms. The van der Waals surface area contributed by atoms with Crippen LogP contribution in [0.5, 0.6) is 0 Å². The molecule has 3 atom stereocenters. The molecule has 1 aliphatic rings. The molecule has 1 saturated heterocycles. The van der Waals surface area contributed by atoms with Crippen molar-refractivity contribution >= 4 is 0 Å². The van der Waals surface area contributed by atoms with Crippen molar-refractivity contribution in [1.29, 1.82) is 0 Å². The fourth-order valence-electron chi connectivity index (χ4n) is 2.57. The van der Waals surface area contributed by atoms with Crippen LogP contribution >= 0.6 is 0 Å². The van der Waals surface area contributed by atoms with Gasteiger partial charge in [0.2, 0.25) is 0 Å². The highest BCUT2D eigenvalue weighted by molar-refractivity contribution is 4.96. The molecule has 4 heteroatoms. The van der Waals surface area contributed by atoms with Crippen LogP contribution in [0.25, 0.3) is 0 Å². The molecule has 1 N–H and O–H groups in total. The molecule has 2 heterocycles. The first-order valence-electron chi connectivity index (χ1n) is 6.52. The van der Waals surface area contributed by atoms with Crippen molar-refractivity contribution in [2.24, 2.45) is 5.92 Å². The average Bonchev–Trinajstić information content (AvgIpc) is 2.89. The summed E-state index contributed by atoms with van der Waals surface area (Å²) < 4.78 is 7.62. The summed E-state index contributed by atoms with van der Waals surface area (Å²) >= 11 is 0. The molecule has 0 amide bonds. The smallest absolute Gasteiger partial charge is 0.111 e. The lowest BCUT2D eigenvalue weighted by Gasteiger charge is -2.20. The Kier molecular flexibility index (Phi) is 4.18. The Bertz CT molecular complexity index is 351. The highest BCUT2D eigenvalue weighted by Gasteiger charge is 2.31. The van der Waals surface area contributed by atoms with E-state index in [1.807, 2.05) is 19.3 Å². The zero-order chi connectivity index (χ0) is 12.3. The molecular weight excluding hydrogens is 216 g/mol. The number of aliphatic hydroxyl groups is 1. The van der Waals surface area contributed by atoms with E-state index in [4.69, 9.17) is 4.74 Å². The van der Waals surface area contributed by atoms with Crippen molar-refractivity contribution in [3.63, 3.8) is 0 Å². The van der Waals surface area contributed by atoms with Crippen molar-refractivity contribution in [3.8, 4) is 0 Å². The minimum absolute atomic E-state index is 0.166. The Morgan fingerprint density at radius 1 is 1.65 bits per heavy atom. The summed E-state index contributed by atoms with van der Waals surface area (Å²) in [6.45, 7) is 5.93. The zero-order valence-corrected chi connectivity index (χ0v) is 10.7. The third kappa shape index (κ3) is 2.87. The van der Waals surface area contributed by atoms with E-state index in [1.54, 1.807) is 0 Å². The Hall–Kier alpha value is -0.870. The largest absolute Gasteiger partial charge is 0.392 e. The molecule has 0 radical (unpaired) electrons. The summed E-state index contributed by atoms with van der Waals surface area (Å²) in [6, 6.07) is 0. The topological polar surface area (TPSA) is 47.3 Å². The normalized spacial score (nSPS) is 26.3. The minimum Gasteiger partial charge on any atom is -0.392 e. The predicted molar refractivity (Wildman–Crippen MR) is 65.7 cm³/mol. The van der Waals surface area contributed by atoms with Gasteiger partial charge in [0.1, 0.15) is 5.82 Å². The van der Waals surface area contributed by atoms with Gasteiger partial charge in [0, 0.05) is 37.9 Å². The van der Waals surface area contributed by atoms with Gasteiger partial charge in [-0.1, -0.05) is 6.92 Å². The molecule has 1 aromatic rings. The van der Waals surface area contributed by atoms with E-state index in [0.717, 1.165) is 31.8 Å². The fraction of sp³-hybridized carbons (Fsp3) is 0.769. The highest BCUT2D eigenvalue weighted by atomic mass is 16.5. The quantitative estimate of drug-likeness (QED) is 0.848. The van der Waals surface area contributed by atoms with E-state index < -0.39 is 0 Å². The van der Waals surface area contributed by atoms with Crippen LogP contribution < -0.4 is 0 Å². The fourth-order valence-corrected chi connectivity index (χ4v) is 2.57. The van der Waals surface area contributed by atoms with Gasteiger partial charge >= 0.3 is 0 Å². The number of hydrogen-bond acceptors (Lipinski definition) is 3. The van der Waals surface area contributed by atoms with E-state index in [-0.39, 0.29) is 18.1 Å². The zero-order valence-electron chi connectivity index (χ0n) is 10.7. The molecule has 1 fully saturated rings. The summed E-state index contributed by atoms with van der Waals surface area (Å²) in [4.78, 5) is 4.33. The second kappa shape index (κ2) is 5.65. The summed E-state index contributed by atoms with van der Waals surface area (Å²) in [7, 11) is 0. The Morgan fingerprint density at radius 3 is 3.12 bits per heavy atom. The maximum Gasteiger partial charge on any atom is 0.111 e. The molecular formula is C13H22N2O2. The summed E-state index contributed by atoms with van der Waals surface area (Å²) in [5.41, 5.74) is 0. The average molecular weight is 238 g/mol. The van der Waals surface area contributed by atoms with E-state index >= 15 is 0 Å². The standard InChI is InChI=1S/C13H22N2O2/c1-3-6-15-7-5-14-13(15)9-12(16)11-4-8-17-10(11)2/h5,7,10-12,16H,3-4,6,8-9H2,1-2H3. The maximum atomic E-state index is 10.3. The molecule has 96 valence electrons. The van der Waals surface area contributed by atoms with Crippen LogP contribution in [0.4, 0.5) is 0 Å². The van der Waals surface area contributed by atoms with Crippen LogP contribution in [0.1, 0.15) is 32.5 Å². The number of aromatic nitrogens is 2. The van der Waals surface area contributed by atoms with Crippen LogP contribution in [0.2, 0.25) is 0 Å². The first-order chi connectivity index (χ1) is 8.22. The van der Waals surface area contributed by atoms with Crippen LogP contribution in [0.3, 0.4) is 0 Å². The van der Waals surface area contributed by atoms with Crippen LogP contribution in [-0.2, 0) is 17.7 Å². The van der Waals surface area contributed by atoms with Crippen molar-refractivity contribution < 1.29 is 9.84 Å². The predicted octanol–water partition coefficient (Wildman–Crippen LogP) is 1.62. The molecule has 0 spiro atoms. The van der Waals surface area contributed by atoms with E-state index in [0.29, 0.717) is 6.42 Å². The lowest BCUT2D eigenvalue weighted by Crippen LogP contribution is -2.29. The third-order valence-corrected chi connectivity index (χ3v) is 3.59. The summed E-state index contributed by atoms with van der Waals surface area (Å²) in [5.74, 6) is 1.24. The number of ether oxygens (including phenoxy) is 1. The molecule has 1 aromatic heterocycles. The SMILES string of the molecule is CCCn1ccnc1CC(O)C1CCOC1C. The number of hydrogen-bond donors (Lipinski definition) is 1. The Labute approximate surface area is 103 Å². The van der Waals surface area contributed by atoms with Crippen molar-refractivity contribution in [2.45, 2.75) is 51.9 Å². The number of aliphatic hydroxyl groups excluding tert-OH is 1. The van der Waals surface area contributed by atoms with Gasteiger partial charge < -0.3 is 14.4 Å². The van der Waals surface area contributed by atoms with Crippen LogP contribution in [-0.4, -0.2) is 33.5 Å². The van der Waals surface area contributed by atoms with Gasteiger partial charge in [-0.15, -0.1) is 0 Å². The van der Waals surface area contributed by atoms with Gasteiger partial charge in [-0.25, -0.2) is 4.98 Å². The molecule has 17 heavy (non-hydrogen) atoms. The van der Waals surface area contributed by atoms with E-state index in [1.165, 1.54) is 0 Å². The Morgan fingerprint density at radius 2 is 2.47 bits per heavy atom. The summed E-state index contributed by atoms with van der Waals surface area (Å²) in [6.07, 6.45) is 6.29. The van der Waals surface area contributed by atoms with Gasteiger partial charge in [0.25, 0.3) is 0 Å². The first kappa shape index (κ1) is 12.6. The molecule has 2 rings (SSSR count). The molecule has 0 saturated carbocycles. The molecule has 1 aliphatic heterocycles. The van der Waals surface area contributed by atoms with Gasteiger partial charge in [-0.05, 0) is 19.8 Å². The second-order valence-corrected chi connectivity index (χ2v) is 4.84. The number of rotatable bonds is 5. The first-order valence-corrected chi connectivity index (χ1v) is 6.52. The van der Waals surface area contributed by atoms with Gasteiger partial charge in [-0.2, -0.15) is 0 Å². The van der Waals surface area contributed by atoms with Gasteiger partial charge in [0.15, 0.2) is 0 Å². The van der Waals surface area contributed by atoms with Crippen molar-refractivity contribution in [3.05, 3.63) is 18.2 Å². The maximum absolute atomic E-state index is 10.3. The van der Waals surface area contributed by atoms with Gasteiger partial charge in [-0.3, -0.25) is 0 Å². The Balaban J connectivity index is 1.97. The minimum atomic E-state index is -0.342. The number of nitrogens with zero attached hydrogens (tertiary/aromatic N) is 2. The van der Waals surface area contributed by atoms with E-state index in [9.17, 15) is 5.11 Å². The number of imidazole rings is 1. The van der Waals surface area contributed by atoms with Crippen molar-refractivity contribution in [2.75, 3.05) is 6.61 Å². The van der Waals surface area contributed by atoms with Crippen LogP contribution in [0, 0.1) is 5.92 Å². The molecule has 4 nitrogen and oxygen atoms in total. The van der Waals surface area contributed by atoms with Gasteiger partial charge in [0.05, 0.1) is 12.2 Å². The monoisotopic (exact) mass is 238 g/mol. The second-order valence-electron chi connectivity index (χ2n) is 4.84. The third-order valence-electron chi connectivity index (χ3n) is 3.59. The van der Waals surface area contributed by atoms with E-state index in [2.05, 4.69) is 16.5 Å². The molecule has 0 aromatic carbocycles. The van der Waals surface area contributed by atoms with Crippen LogP contribution in [0.15, 0.2) is 12.4 Å². The van der Waals surface area contributed by atoms with Crippen molar-refractivity contribution in [1.82, 2.24) is 9.55 Å². The lowest BCUT2D eigenvalue weighted by atomic mass is 9.93. The lowest BCUT2D eigenvalue weighted by molar-refractivity contribution is 0.0427. The molecule has 3 unspecified atom stereocenters. The number of aryl methyl sites for hydroxylation is 1. The molecule has 0 aliphatic carbocycles. The highest BCUT2D eigenvalue weighted by Crippen LogP contribution is 2.25.